The Bertz CT molecular complexity index is 972. The largest absolute Gasteiger partial charge is 0.466 e. The molecule has 0 aliphatic rings. The van der Waals surface area contributed by atoms with Gasteiger partial charge in [0.25, 0.3) is 0 Å². The second kappa shape index (κ2) is 7.67. The van der Waals surface area contributed by atoms with Gasteiger partial charge >= 0.3 is 11.9 Å². The third kappa shape index (κ3) is 4.00. The van der Waals surface area contributed by atoms with Gasteiger partial charge in [-0.3, -0.25) is 9.59 Å². The second-order valence-electron chi connectivity index (χ2n) is 5.10. The van der Waals surface area contributed by atoms with E-state index in [2.05, 4.69) is 4.99 Å². The van der Waals surface area contributed by atoms with Gasteiger partial charge in [-0.05, 0) is 37.3 Å². The summed E-state index contributed by atoms with van der Waals surface area (Å²) in [7, 11) is 0. The molecule has 0 unspecified atom stereocenters. The number of fused-ring (bicyclic) bond motifs is 1. The van der Waals surface area contributed by atoms with Crippen LogP contribution in [0.15, 0.2) is 46.0 Å². The molecule has 1 amide bonds. The van der Waals surface area contributed by atoms with Crippen molar-refractivity contribution in [3.63, 3.8) is 0 Å². The molecule has 0 spiro atoms. The highest BCUT2D eigenvalue weighted by Crippen LogP contribution is 2.22. The number of rotatable bonds is 5. The van der Waals surface area contributed by atoms with Gasteiger partial charge in [-0.2, -0.15) is 4.99 Å². The van der Waals surface area contributed by atoms with Gasteiger partial charge in [0.2, 0.25) is 0 Å². The van der Waals surface area contributed by atoms with Crippen molar-refractivity contribution < 1.29 is 18.7 Å². The highest BCUT2D eigenvalue weighted by molar-refractivity contribution is 7.16. The average Bonchev–Trinajstić information content (AvgIpc) is 3.20. The summed E-state index contributed by atoms with van der Waals surface area (Å²) < 4.78 is 12.7. The topological polar surface area (TPSA) is 73.8 Å². The molecule has 8 heteroatoms. The molecule has 2 aromatic heterocycles. The summed E-state index contributed by atoms with van der Waals surface area (Å²) in [5.74, 6) is -0.619. The SMILES string of the molecule is CCOC(=O)CCn1c(=NC(=O)c2ccco2)sc2cc(Cl)ccc21. The molecule has 3 rings (SSSR count). The summed E-state index contributed by atoms with van der Waals surface area (Å²) in [5, 5.41) is 0.593. The lowest BCUT2D eigenvalue weighted by Gasteiger charge is -2.05. The van der Waals surface area contributed by atoms with Gasteiger partial charge in [-0.15, -0.1) is 0 Å². The van der Waals surface area contributed by atoms with Crippen LogP contribution in [0.1, 0.15) is 23.9 Å². The number of esters is 1. The smallest absolute Gasteiger partial charge is 0.315 e. The fourth-order valence-corrected chi connectivity index (χ4v) is 3.66. The number of carbonyl (C=O) groups excluding carboxylic acids is 2. The number of aromatic nitrogens is 1. The number of halogens is 1. The minimum Gasteiger partial charge on any atom is -0.466 e. The van der Waals surface area contributed by atoms with Gasteiger partial charge in [-0.1, -0.05) is 22.9 Å². The molecular weight excluding hydrogens is 364 g/mol. The second-order valence-corrected chi connectivity index (χ2v) is 6.54. The van der Waals surface area contributed by atoms with E-state index >= 15 is 0 Å². The van der Waals surface area contributed by atoms with E-state index in [1.807, 2.05) is 10.6 Å². The number of aryl methyl sites for hydroxylation is 1. The third-order valence-electron chi connectivity index (χ3n) is 3.42. The van der Waals surface area contributed by atoms with Crippen LogP contribution >= 0.6 is 22.9 Å². The Labute approximate surface area is 152 Å². The standard InChI is InChI=1S/C17H15ClN2O4S/c1-2-23-15(21)7-8-20-12-6-5-11(18)10-14(12)25-17(20)19-16(22)13-4-3-9-24-13/h3-6,9-10H,2,7-8H2,1H3. The van der Waals surface area contributed by atoms with Crippen LogP contribution in [0.4, 0.5) is 0 Å². The van der Waals surface area contributed by atoms with Crippen LogP contribution in [-0.4, -0.2) is 23.1 Å². The molecule has 6 nitrogen and oxygen atoms in total. The number of hydrogen-bond donors (Lipinski definition) is 0. The van der Waals surface area contributed by atoms with Gasteiger partial charge < -0.3 is 13.7 Å². The maximum Gasteiger partial charge on any atom is 0.315 e. The van der Waals surface area contributed by atoms with Crippen LogP contribution in [0, 0.1) is 0 Å². The highest BCUT2D eigenvalue weighted by atomic mass is 35.5. The Morgan fingerprint density at radius 2 is 2.20 bits per heavy atom. The molecule has 0 bridgehead atoms. The van der Waals surface area contributed by atoms with Gasteiger partial charge in [0.15, 0.2) is 10.6 Å². The molecule has 0 radical (unpaired) electrons. The summed E-state index contributed by atoms with van der Waals surface area (Å²) in [5.41, 5.74) is 0.852. The van der Waals surface area contributed by atoms with Crippen molar-refractivity contribution in [2.24, 2.45) is 4.99 Å². The van der Waals surface area contributed by atoms with Crippen molar-refractivity contribution in [2.75, 3.05) is 6.61 Å². The van der Waals surface area contributed by atoms with E-state index in [-0.39, 0.29) is 18.2 Å². The first-order chi connectivity index (χ1) is 12.1. The van der Waals surface area contributed by atoms with E-state index in [1.54, 1.807) is 31.2 Å². The van der Waals surface area contributed by atoms with E-state index in [4.69, 9.17) is 20.8 Å². The number of thiazole rings is 1. The molecule has 2 heterocycles. The zero-order valence-electron chi connectivity index (χ0n) is 13.4. The van der Waals surface area contributed by atoms with E-state index in [0.29, 0.717) is 23.0 Å². The van der Waals surface area contributed by atoms with Crippen LogP contribution in [0.25, 0.3) is 10.2 Å². The van der Waals surface area contributed by atoms with E-state index in [1.165, 1.54) is 17.6 Å². The average molecular weight is 379 g/mol. The first-order valence-corrected chi connectivity index (χ1v) is 8.85. The quantitative estimate of drug-likeness (QED) is 0.635. The molecule has 0 atom stereocenters. The van der Waals surface area contributed by atoms with Gasteiger partial charge in [0.1, 0.15) is 0 Å². The Morgan fingerprint density at radius 3 is 2.92 bits per heavy atom. The van der Waals surface area contributed by atoms with Crippen molar-refractivity contribution in [3.8, 4) is 0 Å². The lowest BCUT2D eigenvalue weighted by molar-refractivity contribution is -0.143. The fraction of sp³-hybridized carbons (Fsp3) is 0.235. The number of amides is 1. The van der Waals surface area contributed by atoms with Crippen molar-refractivity contribution in [2.45, 2.75) is 19.9 Å². The zero-order valence-corrected chi connectivity index (χ0v) is 15.0. The Kier molecular flexibility index (Phi) is 5.35. The molecular formula is C17H15ClN2O4S. The summed E-state index contributed by atoms with van der Waals surface area (Å²) >= 11 is 7.37. The van der Waals surface area contributed by atoms with Crippen LogP contribution < -0.4 is 4.80 Å². The summed E-state index contributed by atoms with van der Waals surface area (Å²) in [6.07, 6.45) is 1.60. The monoisotopic (exact) mass is 378 g/mol. The van der Waals surface area contributed by atoms with Crippen molar-refractivity contribution in [1.82, 2.24) is 4.57 Å². The Morgan fingerprint density at radius 1 is 1.36 bits per heavy atom. The van der Waals surface area contributed by atoms with Gasteiger partial charge in [0.05, 0.1) is 29.5 Å². The maximum absolute atomic E-state index is 12.2. The molecule has 0 fully saturated rings. The van der Waals surface area contributed by atoms with Crippen LogP contribution in [0.5, 0.6) is 0 Å². The van der Waals surface area contributed by atoms with Crippen LogP contribution in [0.3, 0.4) is 0 Å². The third-order valence-corrected chi connectivity index (χ3v) is 4.70. The molecule has 0 saturated carbocycles. The molecule has 0 N–H and O–H groups in total. The highest BCUT2D eigenvalue weighted by Gasteiger charge is 2.12. The molecule has 0 aliphatic heterocycles. The maximum atomic E-state index is 12.2. The Balaban J connectivity index is 2.02. The van der Waals surface area contributed by atoms with E-state index in [0.717, 1.165) is 10.2 Å². The fourth-order valence-electron chi connectivity index (χ4n) is 2.33. The molecule has 25 heavy (non-hydrogen) atoms. The van der Waals surface area contributed by atoms with Crippen molar-refractivity contribution >= 4 is 45.0 Å². The number of ether oxygens (including phenoxy) is 1. The normalized spacial score (nSPS) is 11.8. The van der Waals surface area contributed by atoms with Gasteiger partial charge in [-0.25, -0.2) is 0 Å². The summed E-state index contributed by atoms with van der Waals surface area (Å²) in [6.45, 7) is 2.44. The molecule has 0 aliphatic carbocycles. The van der Waals surface area contributed by atoms with E-state index < -0.39 is 5.91 Å². The van der Waals surface area contributed by atoms with Crippen molar-refractivity contribution in [1.29, 1.82) is 0 Å². The minimum absolute atomic E-state index is 0.160. The molecule has 3 aromatic rings. The van der Waals surface area contributed by atoms with Crippen molar-refractivity contribution in [3.05, 3.63) is 52.2 Å². The number of benzene rings is 1. The minimum atomic E-state index is -0.479. The lowest BCUT2D eigenvalue weighted by atomic mass is 10.3. The van der Waals surface area contributed by atoms with Crippen LogP contribution in [-0.2, 0) is 16.1 Å². The first kappa shape index (κ1) is 17.4. The number of carbonyl (C=O) groups is 2. The predicted octanol–water partition coefficient (Wildman–Crippen LogP) is 3.64. The Hall–Kier alpha value is -2.38. The predicted molar refractivity (Wildman–Crippen MR) is 94.7 cm³/mol. The number of hydrogen-bond acceptors (Lipinski definition) is 5. The lowest BCUT2D eigenvalue weighted by Crippen LogP contribution is -2.19. The first-order valence-electron chi connectivity index (χ1n) is 7.65. The summed E-state index contributed by atoms with van der Waals surface area (Å²) in [6, 6.07) is 8.59. The van der Waals surface area contributed by atoms with E-state index in [9.17, 15) is 9.59 Å². The molecule has 0 saturated heterocycles. The van der Waals surface area contributed by atoms with Crippen LogP contribution in [0.2, 0.25) is 5.02 Å². The number of furan rings is 1. The zero-order chi connectivity index (χ0) is 17.8. The number of nitrogens with zero attached hydrogens (tertiary/aromatic N) is 2. The molecule has 1 aromatic carbocycles. The summed E-state index contributed by atoms with van der Waals surface area (Å²) in [4.78, 5) is 28.5. The van der Waals surface area contributed by atoms with Gasteiger partial charge in [0, 0.05) is 11.6 Å². The molecule has 130 valence electrons.